The number of phenolic OH excluding ortho intramolecular Hbond substituents is 3. The van der Waals surface area contributed by atoms with E-state index >= 15 is 0 Å². The van der Waals surface area contributed by atoms with Crippen molar-refractivity contribution in [2.24, 2.45) is 4.91 Å². The van der Waals surface area contributed by atoms with Crippen LogP contribution in [0.5, 0.6) is 69.0 Å². The lowest BCUT2D eigenvalue weighted by Gasteiger charge is -2.43. The number of nitrogens with zero attached hydrogens (tertiary/aromatic N) is 4. The quantitative estimate of drug-likeness (QED) is 0.0490. The Bertz CT molecular complexity index is 2160. The van der Waals surface area contributed by atoms with E-state index in [1.54, 1.807) is 66.3 Å². The number of hydrogen-bond acceptors (Lipinski definition) is 10. The molecule has 0 aromatic heterocycles. The highest BCUT2D eigenvalue weighted by Crippen LogP contribution is 2.58. The van der Waals surface area contributed by atoms with Crippen LogP contribution in [0.1, 0.15) is 0 Å². The molecule has 0 saturated carbocycles. The maximum absolute atomic E-state index is 10.5. The van der Waals surface area contributed by atoms with Crippen LogP contribution in [0.3, 0.4) is 0 Å². The monoisotopic (exact) mass is 778 g/mol. The molecule has 0 spiro atoms. The zero-order valence-corrected chi connectivity index (χ0v) is 32.4. The van der Waals surface area contributed by atoms with Crippen LogP contribution >= 0.6 is 7.51 Å². The van der Waals surface area contributed by atoms with Gasteiger partial charge in [-0.1, -0.05) is 59.5 Å². The van der Waals surface area contributed by atoms with Crippen LogP contribution < -0.4 is 28.5 Å². The second-order valence-corrected chi connectivity index (χ2v) is 16.1. The first kappa shape index (κ1) is 39.3. The average molecular weight is 779 g/mol. The van der Waals surface area contributed by atoms with Crippen molar-refractivity contribution in [3.63, 3.8) is 0 Å². The third-order valence-electron chi connectivity index (χ3n) is 8.20. The largest absolute Gasteiger partial charge is 0.508 e. The fourth-order valence-electron chi connectivity index (χ4n) is 5.59. The fraction of sp³-hybridized carbons (Fsp3) is 0.143. The minimum Gasteiger partial charge on any atom is -0.508 e. The molecule has 0 saturated heterocycles. The van der Waals surface area contributed by atoms with Gasteiger partial charge in [-0.3, -0.25) is 0 Å². The van der Waals surface area contributed by atoms with Gasteiger partial charge in [0.05, 0.1) is 0 Å². The van der Waals surface area contributed by atoms with E-state index in [2.05, 4.69) is 0 Å². The highest BCUT2D eigenvalue weighted by molar-refractivity contribution is 7.58. The van der Waals surface area contributed by atoms with Crippen molar-refractivity contribution >= 4 is 7.51 Å². The molecule has 6 rings (SSSR count). The molecule has 6 aromatic carbocycles. The summed E-state index contributed by atoms with van der Waals surface area (Å²) in [7, 11) is 5.99. The molecule has 0 unspecified atom stereocenters. The van der Waals surface area contributed by atoms with Gasteiger partial charge in [-0.25, -0.2) is 9.34 Å². The maximum atomic E-state index is 10.5. The van der Waals surface area contributed by atoms with Gasteiger partial charge in [-0.2, -0.15) is 4.67 Å². The number of phenols is 3. The summed E-state index contributed by atoms with van der Waals surface area (Å²) in [6.45, 7) is 0. The van der Waals surface area contributed by atoms with Gasteiger partial charge in [0.2, 0.25) is 13.3 Å². The van der Waals surface area contributed by atoms with E-state index in [0.717, 1.165) is 0 Å². The Morgan fingerprint density at radius 3 is 1.14 bits per heavy atom. The molecule has 3 N–H and O–H groups in total. The molecule has 0 aliphatic rings. The van der Waals surface area contributed by atoms with Gasteiger partial charge in [0.15, 0.2) is 28.7 Å². The molecule has 0 heterocycles. The Kier molecular flexibility index (Phi) is 12.5. The van der Waals surface area contributed by atoms with Gasteiger partial charge < -0.3 is 43.8 Å². The average Bonchev–Trinajstić information content (AvgIpc) is 3.18. The SMILES string of the molecule is CN(C)P(=NOc1ccc(O)cc1Oc1ccccc1)(N(C)C)N(C)C(Oc1ccc(O)cc1Oc1ccccc1)Oc1ccc(O)cc1Oc1ccccc1. The molecule has 6 aromatic rings. The van der Waals surface area contributed by atoms with E-state index < -0.39 is 13.9 Å². The smallest absolute Gasteiger partial charge is 0.311 e. The summed E-state index contributed by atoms with van der Waals surface area (Å²) < 4.78 is 37.4. The van der Waals surface area contributed by atoms with Gasteiger partial charge in [-0.05, 0) is 101 Å². The predicted octanol–water partition coefficient (Wildman–Crippen LogP) is 9.92. The number of para-hydroxylation sites is 3. The molecular weight excluding hydrogens is 735 g/mol. The van der Waals surface area contributed by atoms with Gasteiger partial charge in [0, 0.05) is 25.2 Å². The van der Waals surface area contributed by atoms with E-state index in [-0.39, 0.29) is 51.7 Å². The first-order valence-corrected chi connectivity index (χ1v) is 19.0. The van der Waals surface area contributed by atoms with Crippen molar-refractivity contribution in [2.75, 3.05) is 35.2 Å². The first-order chi connectivity index (χ1) is 27.0. The van der Waals surface area contributed by atoms with Crippen molar-refractivity contribution in [3.8, 4) is 69.0 Å². The molecule has 0 fully saturated rings. The standard InChI is InChI=1S/C42H43N4O9P/c1-44(2)56(45(3)4,43-55-38-26-23-32(49)29-41(38)52-35-19-13-8-14-20-35)46(5)42(53-36-24-21-30(47)27-39(36)50-33-15-9-6-10-16-33)54-37-25-22-31(48)28-40(37)51-34-17-11-7-12-18-34/h6-29,42,47-49H,1-5H3. The normalized spacial score (nSPS) is 11.4. The molecule has 0 amide bonds. The predicted molar refractivity (Wildman–Crippen MR) is 214 cm³/mol. The van der Waals surface area contributed by atoms with Crippen LogP contribution in [-0.4, -0.2) is 71.0 Å². The molecule has 13 nitrogen and oxygen atoms in total. The van der Waals surface area contributed by atoms with Crippen LogP contribution in [0.2, 0.25) is 0 Å². The third-order valence-corrected chi connectivity index (χ3v) is 11.7. The molecule has 14 heteroatoms. The molecule has 0 bridgehead atoms. The van der Waals surface area contributed by atoms with Crippen LogP contribution in [0.25, 0.3) is 0 Å². The molecule has 290 valence electrons. The highest BCUT2D eigenvalue weighted by Gasteiger charge is 2.40. The van der Waals surface area contributed by atoms with Crippen molar-refractivity contribution in [1.82, 2.24) is 14.0 Å². The minimum absolute atomic E-state index is 0.0200. The van der Waals surface area contributed by atoms with Gasteiger partial charge in [0.25, 0.3) is 0 Å². The summed E-state index contributed by atoms with van der Waals surface area (Å²) in [5.41, 5.74) is 0. The third kappa shape index (κ3) is 9.46. The summed E-state index contributed by atoms with van der Waals surface area (Å²) in [6, 6.07) is 40.7. The van der Waals surface area contributed by atoms with Crippen LogP contribution in [-0.2, 0) is 0 Å². The van der Waals surface area contributed by atoms with Gasteiger partial charge in [-0.15, -0.1) is 0 Å². The topological polar surface area (TPSA) is 138 Å². The lowest BCUT2D eigenvalue weighted by molar-refractivity contribution is -0.0722. The first-order valence-electron chi connectivity index (χ1n) is 17.4. The van der Waals surface area contributed by atoms with Crippen LogP contribution in [0.15, 0.2) is 151 Å². The summed E-state index contributed by atoms with van der Waals surface area (Å²) in [6.07, 6.45) is -1.30. The lowest BCUT2D eigenvalue weighted by Crippen LogP contribution is -2.45. The summed E-state index contributed by atoms with van der Waals surface area (Å²) in [5, 5.41) is 31.4. The minimum atomic E-state index is -3.17. The second kappa shape index (κ2) is 17.8. The zero-order valence-electron chi connectivity index (χ0n) is 31.5. The highest BCUT2D eigenvalue weighted by atomic mass is 31.2. The molecule has 0 atom stereocenters. The number of hydrogen-bond donors (Lipinski definition) is 3. The van der Waals surface area contributed by atoms with Gasteiger partial charge >= 0.3 is 6.41 Å². The number of benzene rings is 6. The van der Waals surface area contributed by atoms with Crippen molar-refractivity contribution in [3.05, 3.63) is 146 Å². The molecular formula is C42H43N4O9P. The summed E-state index contributed by atoms with van der Waals surface area (Å²) in [5.74, 6) is 2.80. The Balaban J connectivity index is 1.45. The Labute approximate surface area is 325 Å². The Morgan fingerprint density at radius 1 is 0.446 bits per heavy atom. The van der Waals surface area contributed by atoms with Crippen LogP contribution in [0.4, 0.5) is 0 Å². The Hall–Kier alpha value is -6.37. The second-order valence-electron chi connectivity index (χ2n) is 12.7. The van der Waals surface area contributed by atoms with Crippen molar-refractivity contribution < 1.29 is 43.8 Å². The molecule has 56 heavy (non-hydrogen) atoms. The molecule has 0 aliphatic heterocycles. The van der Waals surface area contributed by atoms with Crippen molar-refractivity contribution in [1.29, 1.82) is 0 Å². The van der Waals surface area contributed by atoms with E-state index in [4.69, 9.17) is 33.4 Å². The summed E-state index contributed by atoms with van der Waals surface area (Å²) in [4.78, 5) is 11.1. The number of rotatable bonds is 16. The maximum Gasteiger partial charge on any atom is 0.311 e. The number of aromatic hydroxyl groups is 3. The summed E-state index contributed by atoms with van der Waals surface area (Å²) >= 11 is 0. The lowest BCUT2D eigenvalue weighted by atomic mass is 10.3. The number of ether oxygens (including phenoxy) is 5. The zero-order chi connectivity index (χ0) is 39.7. The van der Waals surface area contributed by atoms with E-state index in [0.29, 0.717) is 17.2 Å². The van der Waals surface area contributed by atoms with Crippen LogP contribution in [0, 0.1) is 0 Å². The molecule has 0 radical (unpaired) electrons. The van der Waals surface area contributed by atoms with E-state index in [9.17, 15) is 15.3 Å². The van der Waals surface area contributed by atoms with E-state index in [1.165, 1.54) is 36.4 Å². The molecule has 0 aliphatic carbocycles. The van der Waals surface area contributed by atoms with E-state index in [1.807, 2.05) is 92.1 Å². The fourth-order valence-corrected chi connectivity index (χ4v) is 8.39. The Morgan fingerprint density at radius 2 is 0.786 bits per heavy atom. The van der Waals surface area contributed by atoms with Crippen molar-refractivity contribution in [2.45, 2.75) is 6.41 Å². The van der Waals surface area contributed by atoms with Gasteiger partial charge in [0.1, 0.15) is 34.5 Å².